The van der Waals surface area contributed by atoms with Crippen molar-refractivity contribution in [1.82, 2.24) is 15.2 Å². The lowest BCUT2D eigenvalue weighted by atomic mass is 10.1. The number of thiophene rings is 1. The number of hydrogen-bond acceptors (Lipinski definition) is 6. The predicted molar refractivity (Wildman–Crippen MR) is 119 cm³/mol. The average Bonchev–Trinajstić information content (AvgIpc) is 3.11. The Morgan fingerprint density at radius 1 is 1.32 bits per heavy atom. The normalized spacial score (nSPS) is 16.5. The largest absolute Gasteiger partial charge is 0.444 e. The summed E-state index contributed by atoms with van der Waals surface area (Å²) in [5, 5.41) is 5.49. The van der Waals surface area contributed by atoms with E-state index in [0.29, 0.717) is 23.7 Å². The van der Waals surface area contributed by atoms with Gasteiger partial charge in [0.15, 0.2) is 0 Å². The molecule has 0 saturated carbocycles. The number of rotatable bonds is 4. The van der Waals surface area contributed by atoms with Crippen LogP contribution in [0.4, 0.5) is 15.3 Å². The average molecular weight is 446 g/mol. The maximum absolute atomic E-state index is 13.0. The highest BCUT2D eigenvalue weighted by Crippen LogP contribution is 2.34. The Morgan fingerprint density at radius 2 is 2.10 bits per heavy atom. The van der Waals surface area contributed by atoms with Crippen molar-refractivity contribution in [2.45, 2.75) is 45.3 Å². The maximum atomic E-state index is 13.0. The smallest absolute Gasteiger partial charge is 0.410 e. The first-order chi connectivity index (χ1) is 14.6. The number of pyridine rings is 1. The number of likely N-dealkylation sites (tertiary alicyclic amines) is 1. The number of carbonyl (C=O) groups excluding carboxylic acids is 3. The number of nitrogens with zero attached hydrogens (tertiary/aromatic N) is 2. The van der Waals surface area contributed by atoms with Crippen molar-refractivity contribution in [2.24, 2.45) is 5.73 Å². The van der Waals surface area contributed by atoms with Gasteiger partial charge in [0.1, 0.15) is 10.5 Å². The lowest BCUT2D eigenvalue weighted by Crippen LogP contribution is -2.50. The fraction of sp³-hybridized carbons (Fsp3) is 0.429. The fourth-order valence-corrected chi connectivity index (χ4v) is 4.28. The Bertz CT molecular complexity index is 954. The highest BCUT2D eigenvalue weighted by molar-refractivity contribution is 7.18. The summed E-state index contributed by atoms with van der Waals surface area (Å²) in [4.78, 5) is 43.6. The monoisotopic (exact) mass is 445 g/mol. The van der Waals surface area contributed by atoms with Gasteiger partial charge in [-0.05, 0) is 45.7 Å². The summed E-state index contributed by atoms with van der Waals surface area (Å²) >= 11 is 1.24. The number of primary amides is 1. The van der Waals surface area contributed by atoms with Gasteiger partial charge in [-0.2, -0.15) is 0 Å². The zero-order valence-electron chi connectivity index (χ0n) is 17.8. The van der Waals surface area contributed by atoms with Crippen LogP contribution < -0.4 is 16.4 Å². The third-order valence-corrected chi connectivity index (χ3v) is 5.73. The first-order valence-electron chi connectivity index (χ1n) is 10.0. The molecule has 1 aliphatic heterocycles. The minimum atomic E-state index is -0.752. The standard InChI is InChI=1S/C21H27N5O4S/c1-21(2,3)30-20(29)26-9-5-7-14(12-26)24-18(27)17-15(25-19(22)28)10-16(31-17)13-6-4-8-23-11-13/h4,6,8,10-11,14H,5,7,9,12H2,1-3H3,(H,24,27)(H3,22,25,28)/t14-/m0/s1. The van der Waals surface area contributed by atoms with E-state index in [9.17, 15) is 14.4 Å². The van der Waals surface area contributed by atoms with Crippen LogP contribution in [0, 0.1) is 0 Å². The number of urea groups is 1. The van der Waals surface area contributed by atoms with Crippen LogP contribution in [-0.4, -0.2) is 52.6 Å². The van der Waals surface area contributed by atoms with Crippen molar-refractivity contribution >= 4 is 35.1 Å². The number of ether oxygens (including phenoxy) is 1. The summed E-state index contributed by atoms with van der Waals surface area (Å²) in [7, 11) is 0. The van der Waals surface area contributed by atoms with E-state index in [2.05, 4.69) is 15.6 Å². The molecule has 2 aromatic heterocycles. The van der Waals surface area contributed by atoms with Crippen LogP contribution in [0.1, 0.15) is 43.3 Å². The highest BCUT2D eigenvalue weighted by atomic mass is 32.1. The topological polar surface area (TPSA) is 127 Å². The van der Waals surface area contributed by atoms with E-state index in [0.717, 1.165) is 23.3 Å². The first-order valence-corrected chi connectivity index (χ1v) is 10.8. The van der Waals surface area contributed by atoms with Crippen LogP contribution in [0.25, 0.3) is 10.4 Å². The van der Waals surface area contributed by atoms with Crippen LogP contribution in [0.5, 0.6) is 0 Å². The van der Waals surface area contributed by atoms with Crippen LogP contribution in [0.15, 0.2) is 30.6 Å². The predicted octanol–water partition coefficient (Wildman–Crippen LogP) is 3.43. The molecule has 1 aliphatic rings. The fourth-order valence-electron chi connectivity index (χ4n) is 3.27. The molecule has 1 atom stereocenters. The molecule has 0 aromatic carbocycles. The first kappa shape index (κ1) is 22.5. The summed E-state index contributed by atoms with van der Waals surface area (Å²) in [5.41, 5.74) is 5.87. The number of amides is 4. The Morgan fingerprint density at radius 3 is 2.74 bits per heavy atom. The molecule has 1 fully saturated rings. The number of piperidine rings is 1. The lowest BCUT2D eigenvalue weighted by molar-refractivity contribution is 0.0185. The van der Waals surface area contributed by atoms with E-state index in [1.54, 1.807) is 29.4 Å². The molecule has 4 amide bonds. The molecule has 3 rings (SSSR count). The second-order valence-electron chi connectivity index (χ2n) is 8.32. The van der Waals surface area contributed by atoms with Crippen LogP contribution in [0.3, 0.4) is 0 Å². The van der Waals surface area contributed by atoms with Crippen molar-refractivity contribution in [3.63, 3.8) is 0 Å². The zero-order valence-corrected chi connectivity index (χ0v) is 18.6. The minimum Gasteiger partial charge on any atom is -0.444 e. The van der Waals surface area contributed by atoms with Crippen LogP contribution >= 0.6 is 11.3 Å². The quantitative estimate of drug-likeness (QED) is 0.664. The molecule has 0 unspecified atom stereocenters. The Labute approximate surface area is 185 Å². The van der Waals surface area contributed by atoms with Gasteiger partial charge in [-0.1, -0.05) is 6.07 Å². The van der Waals surface area contributed by atoms with E-state index < -0.39 is 17.7 Å². The molecule has 0 bridgehead atoms. The van der Waals surface area contributed by atoms with Gasteiger partial charge in [-0.15, -0.1) is 11.3 Å². The van der Waals surface area contributed by atoms with Gasteiger partial charge in [0.05, 0.1) is 5.69 Å². The number of anilines is 1. The highest BCUT2D eigenvalue weighted by Gasteiger charge is 2.29. The minimum absolute atomic E-state index is 0.223. The van der Waals surface area contributed by atoms with Gasteiger partial charge in [-0.3, -0.25) is 9.78 Å². The molecule has 2 aromatic rings. The summed E-state index contributed by atoms with van der Waals surface area (Å²) < 4.78 is 5.44. The number of aromatic nitrogens is 1. The Hall–Kier alpha value is -3.14. The van der Waals surface area contributed by atoms with Crippen molar-refractivity contribution in [3.05, 3.63) is 35.5 Å². The summed E-state index contributed by atoms with van der Waals surface area (Å²) in [6.07, 6.45) is 4.44. The summed E-state index contributed by atoms with van der Waals surface area (Å²) in [6, 6.07) is 4.39. The molecule has 0 aliphatic carbocycles. The van der Waals surface area contributed by atoms with Gasteiger partial charge >= 0.3 is 12.1 Å². The Balaban J connectivity index is 1.74. The van der Waals surface area contributed by atoms with E-state index in [1.165, 1.54) is 11.3 Å². The molecule has 10 heteroatoms. The molecular weight excluding hydrogens is 418 g/mol. The number of carbonyl (C=O) groups is 3. The van der Waals surface area contributed by atoms with Gasteiger partial charge in [-0.25, -0.2) is 9.59 Å². The van der Waals surface area contributed by atoms with Crippen molar-refractivity contribution in [2.75, 3.05) is 18.4 Å². The maximum Gasteiger partial charge on any atom is 0.410 e. The Kier molecular flexibility index (Phi) is 6.79. The van der Waals surface area contributed by atoms with E-state index in [-0.39, 0.29) is 11.9 Å². The molecule has 4 N–H and O–H groups in total. The van der Waals surface area contributed by atoms with Crippen molar-refractivity contribution in [1.29, 1.82) is 0 Å². The molecule has 166 valence electrons. The summed E-state index contributed by atoms with van der Waals surface area (Å²) in [6.45, 7) is 6.40. The van der Waals surface area contributed by atoms with E-state index in [1.807, 2.05) is 26.8 Å². The molecule has 0 spiro atoms. The zero-order chi connectivity index (χ0) is 22.6. The molecule has 9 nitrogen and oxygen atoms in total. The molecule has 1 saturated heterocycles. The lowest BCUT2D eigenvalue weighted by Gasteiger charge is -2.34. The van der Waals surface area contributed by atoms with Crippen molar-refractivity contribution < 1.29 is 19.1 Å². The van der Waals surface area contributed by atoms with Crippen molar-refractivity contribution in [3.8, 4) is 10.4 Å². The van der Waals surface area contributed by atoms with E-state index in [4.69, 9.17) is 10.5 Å². The van der Waals surface area contributed by atoms with Gasteiger partial charge in [0.2, 0.25) is 0 Å². The summed E-state index contributed by atoms with van der Waals surface area (Å²) in [5.74, 6) is -0.333. The van der Waals surface area contributed by atoms with Gasteiger partial charge < -0.3 is 26.0 Å². The van der Waals surface area contributed by atoms with Gasteiger partial charge in [0, 0.05) is 42.0 Å². The molecular formula is C21H27N5O4S. The second-order valence-corrected chi connectivity index (χ2v) is 9.38. The van der Waals surface area contributed by atoms with Crippen LogP contribution in [0.2, 0.25) is 0 Å². The SMILES string of the molecule is CC(C)(C)OC(=O)N1CCC[C@H](NC(=O)c2sc(-c3cccnc3)cc2NC(N)=O)C1. The number of hydrogen-bond donors (Lipinski definition) is 3. The molecule has 31 heavy (non-hydrogen) atoms. The second kappa shape index (κ2) is 9.34. The molecule has 0 radical (unpaired) electrons. The third-order valence-electron chi connectivity index (χ3n) is 4.55. The molecule has 3 heterocycles. The number of nitrogens with two attached hydrogens (primary N) is 1. The van der Waals surface area contributed by atoms with Gasteiger partial charge in [0.25, 0.3) is 5.91 Å². The third kappa shape index (κ3) is 6.17. The van der Waals surface area contributed by atoms with Crippen LogP contribution in [-0.2, 0) is 4.74 Å². The van der Waals surface area contributed by atoms with E-state index >= 15 is 0 Å². The number of nitrogens with one attached hydrogen (secondary N) is 2.